The molecule has 0 spiro atoms. The van der Waals surface area contributed by atoms with Gasteiger partial charge in [0.05, 0.1) is 18.4 Å². The van der Waals surface area contributed by atoms with E-state index in [1.54, 1.807) is 45.0 Å². The van der Waals surface area contributed by atoms with Gasteiger partial charge in [0.15, 0.2) is 17.7 Å². The Hall–Kier alpha value is -3.06. The van der Waals surface area contributed by atoms with Crippen LogP contribution in [0.1, 0.15) is 32.6 Å². The Kier molecular flexibility index (Phi) is 5.76. The van der Waals surface area contributed by atoms with Crippen molar-refractivity contribution >= 4 is 16.7 Å². The van der Waals surface area contributed by atoms with Gasteiger partial charge in [-0.25, -0.2) is 13.6 Å². The number of halogens is 2. The van der Waals surface area contributed by atoms with Gasteiger partial charge in [-0.2, -0.15) is 0 Å². The van der Waals surface area contributed by atoms with Gasteiger partial charge in [-0.1, -0.05) is 30.3 Å². The van der Waals surface area contributed by atoms with Crippen molar-refractivity contribution in [1.29, 1.82) is 0 Å². The lowest BCUT2D eigenvalue weighted by molar-refractivity contribution is -0.165. The van der Waals surface area contributed by atoms with Crippen molar-refractivity contribution in [3.8, 4) is 11.1 Å². The molecule has 0 amide bonds. The number of fused-ring (bicyclic) bond motifs is 1. The summed E-state index contributed by atoms with van der Waals surface area (Å²) < 4.78 is 41.1. The lowest BCUT2D eigenvalue weighted by atomic mass is 9.93. The maximum atomic E-state index is 14.9. The van der Waals surface area contributed by atoms with Crippen LogP contribution in [0, 0.1) is 11.6 Å². The third-order valence-corrected chi connectivity index (χ3v) is 4.70. The topological polar surface area (TPSA) is 57.5 Å². The van der Waals surface area contributed by atoms with Gasteiger partial charge < -0.3 is 14.0 Å². The molecule has 0 aliphatic carbocycles. The molecule has 1 atom stereocenters. The summed E-state index contributed by atoms with van der Waals surface area (Å²) in [5.74, 6) is -2.88. The van der Waals surface area contributed by atoms with Gasteiger partial charge in [-0.3, -0.25) is 4.79 Å². The number of carbonyl (C=O) groups is 1. The standard InChI is InChI=1S/C23H23F2NO4/c1-23(2,3)30-20(22(28)29-5)19-17(15-11-8-12-16(24)18(15)25)13-9-6-7-10-14(13)21(27)26(19)4/h6-12,20H,1-5H3. The summed E-state index contributed by atoms with van der Waals surface area (Å²) >= 11 is 0. The third-order valence-electron chi connectivity index (χ3n) is 4.70. The Morgan fingerprint density at radius 1 is 1.03 bits per heavy atom. The average Bonchev–Trinajstić information content (AvgIpc) is 2.70. The lowest BCUT2D eigenvalue weighted by Crippen LogP contribution is -2.33. The number of aromatic nitrogens is 1. The van der Waals surface area contributed by atoms with E-state index in [0.717, 1.165) is 6.07 Å². The highest BCUT2D eigenvalue weighted by Gasteiger charge is 2.34. The van der Waals surface area contributed by atoms with Crippen molar-refractivity contribution in [1.82, 2.24) is 4.57 Å². The molecule has 0 bridgehead atoms. The fraction of sp³-hybridized carbons (Fsp3) is 0.304. The van der Waals surface area contributed by atoms with Crippen LogP contribution in [0.25, 0.3) is 21.9 Å². The van der Waals surface area contributed by atoms with Crippen LogP contribution in [0.3, 0.4) is 0 Å². The molecule has 0 saturated carbocycles. The van der Waals surface area contributed by atoms with Gasteiger partial charge in [-0.15, -0.1) is 0 Å². The summed E-state index contributed by atoms with van der Waals surface area (Å²) in [6.07, 6.45) is -1.34. The molecule has 1 heterocycles. The molecule has 7 heteroatoms. The number of hydrogen-bond donors (Lipinski definition) is 0. The molecule has 30 heavy (non-hydrogen) atoms. The molecule has 0 N–H and O–H groups in total. The summed E-state index contributed by atoms with van der Waals surface area (Å²) in [5, 5.41) is 0.688. The van der Waals surface area contributed by atoms with E-state index in [2.05, 4.69) is 0 Å². The van der Waals surface area contributed by atoms with E-state index < -0.39 is 34.9 Å². The van der Waals surface area contributed by atoms with Crippen LogP contribution < -0.4 is 5.56 Å². The van der Waals surface area contributed by atoms with Crippen LogP contribution in [-0.2, 0) is 21.3 Å². The zero-order valence-electron chi connectivity index (χ0n) is 17.5. The molecule has 1 unspecified atom stereocenters. The van der Waals surface area contributed by atoms with E-state index in [9.17, 15) is 18.4 Å². The maximum Gasteiger partial charge on any atom is 0.341 e. The second-order valence-corrected chi connectivity index (χ2v) is 7.90. The number of carbonyl (C=O) groups excluding carboxylic acids is 1. The van der Waals surface area contributed by atoms with Gasteiger partial charge in [0.1, 0.15) is 0 Å². The predicted molar refractivity (Wildman–Crippen MR) is 110 cm³/mol. The summed E-state index contributed by atoms with van der Waals surface area (Å²) in [6.45, 7) is 5.22. The van der Waals surface area contributed by atoms with Gasteiger partial charge in [0, 0.05) is 23.6 Å². The number of esters is 1. The van der Waals surface area contributed by atoms with Crippen molar-refractivity contribution in [3.63, 3.8) is 0 Å². The van der Waals surface area contributed by atoms with Crippen molar-refractivity contribution in [2.24, 2.45) is 7.05 Å². The molecule has 3 rings (SSSR count). The first-order chi connectivity index (χ1) is 14.1. The largest absolute Gasteiger partial charge is 0.467 e. The fourth-order valence-electron chi connectivity index (χ4n) is 3.45. The van der Waals surface area contributed by atoms with Gasteiger partial charge >= 0.3 is 5.97 Å². The van der Waals surface area contributed by atoms with E-state index in [1.165, 1.54) is 30.9 Å². The summed E-state index contributed by atoms with van der Waals surface area (Å²) in [4.78, 5) is 25.7. The average molecular weight is 415 g/mol. The summed E-state index contributed by atoms with van der Waals surface area (Å²) in [6, 6.07) is 10.4. The Labute approximate surface area is 172 Å². The van der Waals surface area contributed by atoms with Crippen LogP contribution in [0.2, 0.25) is 0 Å². The maximum absolute atomic E-state index is 14.9. The second-order valence-electron chi connectivity index (χ2n) is 7.90. The second kappa shape index (κ2) is 7.99. The van der Waals surface area contributed by atoms with E-state index in [1.807, 2.05) is 0 Å². The first-order valence-electron chi connectivity index (χ1n) is 9.38. The SMILES string of the molecule is COC(=O)C(OC(C)(C)C)c1c(-c2cccc(F)c2F)c2ccccc2c(=O)n1C. The van der Waals surface area contributed by atoms with E-state index in [4.69, 9.17) is 9.47 Å². The third kappa shape index (κ3) is 3.85. The van der Waals surface area contributed by atoms with Crippen molar-refractivity contribution in [3.05, 3.63) is 70.1 Å². The molecule has 0 aliphatic heterocycles. The zero-order chi connectivity index (χ0) is 22.2. The minimum atomic E-state index is -1.34. The van der Waals surface area contributed by atoms with Crippen LogP contribution in [0.15, 0.2) is 47.3 Å². The number of methoxy groups -OCH3 is 1. The number of ether oxygens (including phenoxy) is 2. The normalized spacial score (nSPS) is 12.8. The Morgan fingerprint density at radius 3 is 2.27 bits per heavy atom. The molecule has 5 nitrogen and oxygen atoms in total. The van der Waals surface area contributed by atoms with Crippen LogP contribution in [-0.4, -0.2) is 23.2 Å². The number of benzene rings is 2. The number of rotatable bonds is 4. The molecule has 158 valence electrons. The van der Waals surface area contributed by atoms with Crippen molar-refractivity contribution < 1.29 is 23.0 Å². The van der Waals surface area contributed by atoms with E-state index in [-0.39, 0.29) is 16.8 Å². The molecule has 0 aliphatic rings. The lowest BCUT2D eigenvalue weighted by Gasteiger charge is -2.29. The molecule has 2 aromatic carbocycles. The molecular weight excluding hydrogens is 392 g/mol. The minimum absolute atomic E-state index is 0.0804. The van der Waals surface area contributed by atoms with Gasteiger partial charge in [0.25, 0.3) is 5.56 Å². The zero-order valence-corrected chi connectivity index (χ0v) is 17.5. The molecule has 0 fully saturated rings. The summed E-state index contributed by atoms with van der Waals surface area (Å²) in [5.41, 5.74) is -0.983. The van der Waals surface area contributed by atoms with Crippen molar-refractivity contribution in [2.75, 3.05) is 7.11 Å². The minimum Gasteiger partial charge on any atom is -0.467 e. The first kappa shape index (κ1) is 21.6. The molecular formula is C23H23F2NO4. The smallest absolute Gasteiger partial charge is 0.341 e. The fourth-order valence-corrected chi connectivity index (χ4v) is 3.45. The van der Waals surface area contributed by atoms with Crippen LogP contribution >= 0.6 is 0 Å². The van der Waals surface area contributed by atoms with Crippen LogP contribution in [0.4, 0.5) is 8.78 Å². The van der Waals surface area contributed by atoms with Gasteiger partial charge in [0.2, 0.25) is 0 Å². The first-order valence-corrected chi connectivity index (χ1v) is 9.38. The highest BCUT2D eigenvalue weighted by Crippen LogP contribution is 2.38. The summed E-state index contributed by atoms with van der Waals surface area (Å²) in [7, 11) is 2.66. The Balaban J connectivity index is 2.52. The van der Waals surface area contributed by atoms with E-state index in [0.29, 0.717) is 10.8 Å². The molecule has 0 saturated heterocycles. The molecule has 0 radical (unpaired) electrons. The monoisotopic (exact) mass is 415 g/mol. The number of nitrogens with zero attached hydrogens (tertiary/aromatic N) is 1. The predicted octanol–water partition coefficient (Wildman–Crippen LogP) is 4.51. The number of hydrogen-bond acceptors (Lipinski definition) is 4. The quantitative estimate of drug-likeness (QED) is 0.588. The molecule has 1 aromatic heterocycles. The van der Waals surface area contributed by atoms with Crippen molar-refractivity contribution in [2.45, 2.75) is 32.5 Å². The van der Waals surface area contributed by atoms with Crippen LogP contribution in [0.5, 0.6) is 0 Å². The number of pyridine rings is 1. The Bertz CT molecular complexity index is 1180. The van der Waals surface area contributed by atoms with Gasteiger partial charge in [-0.05, 0) is 38.3 Å². The highest BCUT2D eigenvalue weighted by molar-refractivity contribution is 5.99. The Morgan fingerprint density at radius 2 is 1.67 bits per heavy atom. The van der Waals surface area contributed by atoms with E-state index >= 15 is 0 Å². The highest BCUT2D eigenvalue weighted by atomic mass is 19.2. The molecule has 3 aromatic rings.